The Morgan fingerprint density at radius 3 is 2.93 bits per heavy atom. The molecule has 1 N–H and O–H groups in total. The minimum atomic E-state index is -0.621. The summed E-state index contributed by atoms with van der Waals surface area (Å²) in [6.45, 7) is 2.61. The SMILES string of the molecule is CCN(C)C(=O)CNc1cc(F)ncn1. The van der Waals surface area contributed by atoms with E-state index in [1.807, 2.05) is 6.92 Å². The van der Waals surface area contributed by atoms with E-state index in [1.54, 1.807) is 11.9 Å². The van der Waals surface area contributed by atoms with Crippen LogP contribution < -0.4 is 5.32 Å². The lowest BCUT2D eigenvalue weighted by atomic mass is 10.4. The highest BCUT2D eigenvalue weighted by Crippen LogP contribution is 2.01. The van der Waals surface area contributed by atoms with Gasteiger partial charge in [0.1, 0.15) is 12.1 Å². The standard InChI is InChI=1S/C9H13FN4O/c1-3-14(2)9(15)5-11-8-4-7(10)12-6-13-8/h4,6H,3,5H2,1-2H3,(H,11,12,13). The minimum Gasteiger partial charge on any atom is -0.361 e. The van der Waals surface area contributed by atoms with Crippen LogP contribution in [0.5, 0.6) is 0 Å². The molecule has 0 aliphatic heterocycles. The molecule has 5 nitrogen and oxygen atoms in total. The fourth-order valence-corrected chi connectivity index (χ4v) is 0.908. The molecular formula is C9H13FN4O. The lowest BCUT2D eigenvalue weighted by Gasteiger charge is -2.14. The molecule has 82 valence electrons. The van der Waals surface area contributed by atoms with Crippen molar-refractivity contribution in [2.45, 2.75) is 6.92 Å². The van der Waals surface area contributed by atoms with Crippen molar-refractivity contribution in [1.82, 2.24) is 14.9 Å². The first-order valence-electron chi connectivity index (χ1n) is 4.59. The molecule has 0 saturated carbocycles. The third-order valence-electron chi connectivity index (χ3n) is 1.95. The number of hydrogen-bond donors (Lipinski definition) is 1. The largest absolute Gasteiger partial charge is 0.361 e. The molecule has 0 aliphatic rings. The molecule has 15 heavy (non-hydrogen) atoms. The number of amides is 1. The molecule has 1 aromatic rings. The highest BCUT2D eigenvalue weighted by Gasteiger charge is 2.06. The van der Waals surface area contributed by atoms with Crippen LogP contribution in [-0.2, 0) is 4.79 Å². The summed E-state index contributed by atoms with van der Waals surface area (Å²) in [5.41, 5.74) is 0. The zero-order valence-electron chi connectivity index (χ0n) is 8.70. The third-order valence-corrected chi connectivity index (χ3v) is 1.95. The fraction of sp³-hybridized carbons (Fsp3) is 0.444. The Kier molecular flexibility index (Phi) is 3.96. The van der Waals surface area contributed by atoms with Gasteiger partial charge in [-0.2, -0.15) is 4.39 Å². The molecule has 0 saturated heterocycles. The summed E-state index contributed by atoms with van der Waals surface area (Å²) in [5.74, 6) is -0.388. The van der Waals surface area contributed by atoms with E-state index < -0.39 is 5.95 Å². The second-order valence-electron chi connectivity index (χ2n) is 2.99. The van der Waals surface area contributed by atoms with Gasteiger partial charge in [-0.3, -0.25) is 4.79 Å². The van der Waals surface area contributed by atoms with Crippen LogP contribution >= 0.6 is 0 Å². The summed E-state index contributed by atoms with van der Waals surface area (Å²) in [4.78, 5) is 20.0. The van der Waals surface area contributed by atoms with Gasteiger partial charge in [-0.05, 0) is 6.92 Å². The van der Waals surface area contributed by atoms with Crippen molar-refractivity contribution >= 4 is 11.7 Å². The summed E-state index contributed by atoms with van der Waals surface area (Å²) in [5, 5.41) is 2.72. The molecule has 6 heteroatoms. The first-order valence-corrected chi connectivity index (χ1v) is 4.59. The summed E-state index contributed by atoms with van der Waals surface area (Å²) in [6.07, 6.45) is 1.10. The quantitative estimate of drug-likeness (QED) is 0.739. The molecule has 1 aromatic heterocycles. The number of anilines is 1. The topological polar surface area (TPSA) is 58.1 Å². The van der Waals surface area contributed by atoms with Crippen molar-refractivity contribution in [3.05, 3.63) is 18.3 Å². The molecule has 0 fully saturated rings. The minimum absolute atomic E-state index is 0.0727. The van der Waals surface area contributed by atoms with Gasteiger partial charge < -0.3 is 10.2 Å². The van der Waals surface area contributed by atoms with Crippen molar-refractivity contribution < 1.29 is 9.18 Å². The average molecular weight is 212 g/mol. The van der Waals surface area contributed by atoms with Gasteiger partial charge in [0.15, 0.2) is 0 Å². The smallest absolute Gasteiger partial charge is 0.241 e. The first-order chi connectivity index (χ1) is 7.13. The molecule has 1 rings (SSSR count). The van der Waals surface area contributed by atoms with Crippen molar-refractivity contribution in [3.8, 4) is 0 Å². The van der Waals surface area contributed by atoms with E-state index in [2.05, 4.69) is 15.3 Å². The second-order valence-corrected chi connectivity index (χ2v) is 2.99. The van der Waals surface area contributed by atoms with Gasteiger partial charge in [-0.1, -0.05) is 0 Å². The zero-order valence-corrected chi connectivity index (χ0v) is 8.70. The number of nitrogens with zero attached hydrogens (tertiary/aromatic N) is 3. The van der Waals surface area contributed by atoms with E-state index in [9.17, 15) is 9.18 Å². The lowest BCUT2D eigenvalue weighted by molar-refractivity contribution is -0.127. The number of carbonyl (C=O) groups excluding carboxylic acids is 1. The number of nitrogens with one attached hydrogen (secondary N) is 1. The van der Waals surface area contributed by atoms with Crippen LogP contribution in [0.2, 0.25) is 0 Å². The van der Waals surface area contributed by atoms with Crippen LogP contribution in [0.4, 0.5) is 10.2 Å². The van der Waals surface area contributed by atoms with Crippen molar-refractivity contribution in [2.75, 3.05) is 25.5 Å². The van der Waals surface area contributed by atoms with E-state index in [1.165, 1.54) is 0 Å². The van der Waals surface area contributed by atoms with Crippen molar-refractivity contribution in [3.63, 3.8) is 0 Å². The molecular weight excluding hydrogens is 199 g/mol. The fourth-order valence-electron chi connectivity index (χ4n) is 0.908. The van der Waals surface area contributed by atoms with Gasteiger partial charge in [0.2, 0.25) is 11.9 Å². The molecule has 1 amide bonds. The molecule has 0 radical (unpaired) electrons. The number of hydrogen-bond acceptors (Lipinski definition) is 4. The van der Waals surface area contributed by atoms with Crippen LogP contribution in [-0.4, -0.2) is 40.9 Å². The van der Waals surface area contributed by atoms with Crippen molar-refractivity contribution in [2.24, 2.45) is 0 Å². The van der Waals surface area contributed by atoms with Crippen LogP contribution in [0.1, 0.15) is 6.92 Å². The second kappa shape index (κ2) is 5.23. The molecule has 0 atom stereocenters. The Morgan fingerprint density at radius 2 is 2.33 bits per heavy atom. The van der Waals surface area contributed by atoms with E-state index >= 15 is 0 Å². The van der Waals surface area contributed by atoms with Crippen LogP contribution in [0.15, 0.2) is 12.4 Å². The number of likely N-dealkylation sites (N-methyl/N-ethyl adjacent to an activating group) is 1. The Labute approximate surface area is 87.3 Å². The Hall–Kier alpha value is -1.72. The molecule has 0 spiro atoms. The van der Waals surface area contributed by atoms with E-state index in [4.69, 9.17) is 0 Å². The van der Waals surface area contributed by atoms with Gasteiger partial charge in [-0.15, -0.1) is 0 Å². The highest BCUT2D eigenvalue weighted by molar-refractivity contribution is 5.80. The van der Waals surface area contributed by atoms with Gasteiger partial charge in [0.05, 0.1) is 6.54 Å². The highest BCUT2D eigenvalue weighted by atomic mass is 19.1. The maximum Gasteiger partial charge on any atom is 0.241 e. The monoisotopic (exact) mass is 212 g/mol. The number of aromatic nitrogens is 2. The van der Waals surface area contributed by atoms with Crippen LogP contribution in [0, 0.1) is 5.95 Å². The summed E-state index contributed by atoms with van der Waals surface area (Å²) in [7, 11) is 1.70. The van der Waals surface area contributed by atoms with Crippen LogP contribution in [0.25, 0.3) is 0 Å². The number of carbonyl (C=O) groups is 1. The predicted molar refractivity (Wildman–Crippen MR) is 53.8 cm³/mol. The maximum absolute atomic E-state index is 12.6. The van der Waals surface area contributed by atoms with Gasteiger partial charge in [0, 0.05) is 19.7 Å². The van der Waals surface area contributed by atoms with Gasteiger partial charge >= 0.3 is 0 Å². The zero-order chi connectivity index (χ0) is 11.3. The van der Waals surface area contributed by atoms with Gasteiger partial charge in [0.25, 0.3) is 0 Å². The predicted octanol–water partition coefficient (Wildman–Crippen LogP) is 0.506. The normalized spacial score (nSPS) is 9.80. The third kappa shape index (κ3) is 3.49. The van der Waals surface area contributed by atoms with E-state index in [0.29, 0.717) is 12.4 Å². The number of halogens is 1. The Bertz CT molecular complexity index is 345. The Balaban J connectivity index is 2.47. The molecule has 0 aliphatic carbocycles. The van der Waals surface area contributed by atoms with Gasteiger partial charge in [-0.25, -0.2) is 9.97 Å². The summed E-state index contributed by atoms with van der Waals surface area (Å²) >= 11 is 0. The summed E-state index contributed by atoms with van der Waals surface area (Å²) < 4.78 is 12.6. The summed E-state index contributed by atoms with van der Waals surface area (Å²) in [6, 6.07) is 1.14. The average Bonchev–Trinajstić information content (AvgIpc) is 2.25. The first kappa shape index (κ1) is 11.4. The van der Waals surface area contributed by atoms with Crippen LogP contribution in [0.3, 0.4) is 0 Å². The Morgan fingerprint density at radius 1 is 1.60 bits per heavy atom. The van der Waals surface area contributed by atoms with E-state index in [0.717, 1.165) is 12.4 Å². The molecule has 1 heterocycles. The molecule has 0 unspecified atom stereocenters. The molecule has 0 bridgehead atoms. The lowest BCUT2D eigenvalue weighted by Crippen LogP contribution is -2.32. The van der Waals surface area contributed by atoms with Crippen molar-refractivity contribution in [1.29, 1.82) is 0 Å². The van der Waals surface area contributed by atoms with E-state index in [-0.39, 0.29) is 12.5 Å². The number of rotatable bonds is 4. The molecule has 0 aromatic carbocycles. The maximum atomic E-state index is 12.6.